The second kappa shape index (κ2) is 6.34. The molecule has 0 heterocycles. The molecule has 11 heavy (non-hydrogen) atoms. The van der Waals surface area contributed by atoms with Crippen molar-refractivity contribution < 1.29 is 15.3 Å². The fourth-order valence-electron chi connectivity index (χ4n) is 0.728. The van der Waals surface area contributed by atoms with E-state index in [1.807, 2.05) is 0 Å². The minimum Gasteiger partial charge on any atom is -0.396 e. The van der Waals surface area contributed by atoms with Crippen molar-refractivity contribution in [1.29, 1.82) is 0 Å². The Hall–Kier alpha value is -0.380. The molecule has 3 N–H and O–H groups in total. The van der Waals surface area contributed by atoms with Crippen LogP contribution in [0.1, 0.15) is 12.8 Å². The summed E-state index contributed by atoms with van der Waals surface area (Å²) in [5.74, 6) is -0.0710. The van der Waals surface area contributed by atoms with Gasteiger partial charge in [-0.1, -0.05) is 12.2 Å². The van der Waals surface area contributed by atoms with Crippen molar-refractivity contribution in [3.05, 3.63) is 12.2 Å². The van der Waals surface area contributed by atoms with Crippen molar-refractivity contribution in [3.63, 3.8) is 0 Å². The van der Waals surface area contributed by atoms with E-state index in [0.717, 1.165) is 5.57 Å². The van der Waals surface area contributed by atoms with Gasteiger partial charge in [-0.3, -0.25) is 0 Å². The SMILES string of the molecule is C=C(CO)CCC(CO)CO. The van der Waals surface area contributed by atoms with Crippen LogP contribution in [0.25, 0.3) is 0 Å². The first-order chi connectivity index (χ1) is 5.24. The van der Waals surface area contributed by atoms with Crippen LogP contribution in [0.5, 0.6) is 0 Å². The number of hydrogen-bond acceptors (Lipinski definition) is 3. The average Bonchev–Trinajstić information content (AvgIpc) is 2.06. The molecule has 3 heteroatoms. The molecule has 3 nitrogen and oxygen atoms in total. The van der Waals surface area contributed by atoms with Crippen LogP contribution >= 0.6 is 0 Å². The molecule has 0 radical (unpaired) electrons. The topological polar surface area (TPSA) is 60.7 Å². The standard InChI is InChI=1S/C8H16O3/c1-7(4-9)2-3-8(5-10)6-11/h8-11H,1-6H2. The predicted octanol–water partition coefficient (Wildman–Crippen LogP) is -0.0841. The van der Waals surface area contributed by atoms with Crippen molar-refractivity contribution in [1.82, 2.24) is 0 Å². The summed E-state index contributed by atoms with van der Waals surface area (Å²) in [5, 5.41) is 25.9. The molecule has 66 valence electrons. The molecular formula is C8H16O3. The molecule has 0 aliphatic rings. The molecule has 0 fully saturated rings. The number of rotatable bonds is 6. The van der Waals surface area contributed by atoms with Gasteiger partial charge in [-0.25, -0.2) is 0 Å². The molecule has 0 rings (SSSR count). The van der Waals surface area contributed by atoms with Crippen molar-refractivity contribution in [2.45, 2.75) is 12.8 Å². The molecule has 0 spiro atoms. The molecule has 0 aliphatic carbocycles. The van der Waals surface area contributed by atoms with Gasteiger partial charge in [0.15, 0.2) is 0 Å². The first-order valence-corrected chi connectivity index (χ1v) is 3.73. The minimum atomic E-state index is -0.0710. The van der Waals surface area contributed by atoms with Crippen LogP contribution in [-0.2, 0) is 0 Å². The van der Waals surface area contributed by atoms with E-state index < -0.39 is 0 Å². The van der Waals surface area contributed by atoms with Crippen LogP contribution < -0.4 is 0 Å². The van der Waals surface area contributed by atoms with Crippen LogP contribution in [-0.4, -0.2) is 35.1 Å². The largest absolute Gasteiger partial charge is 0.396 e. The molecule has 0 bridgehead atoms. The highest BCUT2D eigenvalue weighted by Crippen LogP contribution is 2.09. The highest BCUT2D eigenvalue weighted by atomic mass is 16.3. The highest BCUT2D eigenvalue weighted by Gasteiger charge is 2.05. The lowest BCUT2D eigenvalue weighted by Gasteiger charge is -2.10. The summed E-state index contributed by atoms with van der Waals surface area (Å²) in [6.45, 7) is 3.58. The Kier molecular flexibility index (Phi) is 6.12. The summed E-state index contributed by atoms with van der Waals surface area (Å²) in [7, 11) is 0. The lowest BCUT2D eigenvalue weighted by atomic mass is 10.0. The molecule has 0 aromatic heterocycles. The molecule has 0 aromatic rings. The van der Waals surface area contributed by atoms with E-state index in [1.165, 1.54) is 0 Å². The molecule has 0 unspecified atom stereocenters. The van der Waals surface area contributed by atoms with Crippen molar-refractivity contribution >= 4 is 0 Å². The fourth-order valence-corrected chi connectivity index (χ4v) is 0.728. The smallest absolute Gasteiger partial charge is 0.0639 e. The molecule has 0 aromatic carbocycles. The summed E-state index contributed by atoms with van der Waals surface area (Å²) in [5.41, 5.74) is 0.747. The van der Waals surface area contributed by atoms with Gasteiger partial charge in [-0.15, -0.1) is 0 Å². The van der Waals surface area contributed by atoms with Crippen molar-refractivity contribution in [2.75, 3.05) is 19.8 Å². The quantitative estimate of drug-likeness (QED) is 0.476. The number of aliphatic hydroxyl groups excluding tert-OH is 3. The molecule has 0 saturated carbocycles. The molecule has 0 atom stereocenters. The normalized spacial score (nSPS) is 10.5. The van der Waals surface area contributed by atoms with E-state index in [1.54, 1.807) is 0 Å². The van der Waals surface area contributed by atoms with Gasteiger partial charge in [0, 0.05) is 19.1 Å². The van der Waals surface area contributed by atoms with Crippen LogP contribution in [0.15, 0.2) is 12.2 Å². The summed E-state index contributed by atoms with van der Waals surface area (Å²) >= 11 is 0. The summed E-state index contributed by atoms with van der Waals surface area (Å²) in [4.78, 5) is 0. The van der Waals surface area contributed by atoms with E-state index in [0.29, 0.717) is 12.8 Å². The first kappa shape index (κ1) is 10.6. The maximum atomic E-state index is 8.66. The molecule has 0 saturated heterocycles. The van der Waals surface area contributed by atoms with Crippen molar-refractivity contribution in [3.8, 4) is 0 Å². The van der Waals surface area contributed by atoms with Crippen LogP contribution in [0.3, 0.4) is 0 Å². The second-order valence-electron chi connectivity index (χ2n) is 2.68. The second-order valence-corrected chi connectivity index (χ2v) is 2.68. The first-order valence-electron chi connectivity index (χ1n) is 3.73. The van der Waals surface area contributed by atoms with Gasteiger partial charge < -0.3 is 15.3 Å². The van der Waals surface area contributed by atoms with E-state index in [9.17, 15) is 0 Å². The van der Waals surface area contributed by atoms with E-state index in [4.69, 9.17) is 15.3 Å². The van der Waals surface area contributed by atoms with Gasteiger partial charge in [0.2, 0.25) is 0 Å². The number of hydrogen-bond donors (Lipinski definition) is 3. The maximum absolute atomic E-state index is 8.66. The van der Waals surface area contributed by atoms with E-state index in [2.05, 4.69) is 6.58 Å². The molecular weight excluding hydrogens is 144 g/mol. The van der Waals surface area contributed by atoms with Crippen LogP contribution in [0, 0.1) is 5.92 Å². The molecule has 0 amide bonds. The monoisotopic (exact) mass is 160 g/mol. The third-order valence-corrected chi connectivity index (χ3v) is 1.65. The van der Waals surface area contributed by atoms with Gasteiger partial charge in [0.1, 0.15) is 0 Å². The predicted molar refractivity (Wildman–Crippen MR) is 43.1 cm³/mol. The van der Waals surface area contributed by atoms with Gasteiger partial charge in [-0.05, 0) is 12.8 Å². The minimum absolute atomic E-state index is 0.00475. The zero-order valence-corrected chi connectivity index (χ0v) is 6.66. The third kappa shape index (κ3) is 4.95. The van der Waals surface area contributed by atoms with E-state index >= 15 is 0 Å². The Morgan fingerprint density at radius 2 is 1.73 bits per heavy atom. The van der Waals surface area contributed by atoms with Crippen LogP contribution in [0.4, 0.5) is 0 Å². The zero-order valence-electron chi connectivity index (χ0n) is 6.66. The van der Waals surface area contributed by atoms with Gasteiger partial charge in [-0.2, -0.15) is 0 Å². The zero-order chi connectivity index (χ0) is 8.69. The summed E-state index contributed by atoms with van der Waals surface area (Å²) in [6.07, 6.45) is 1.36. The lowest BCUT2D eigenvalue weighted by molar-refractivity contribution is 0.143. The Balaban J connectivity index is 3.42. The summed E-state index contributed by atoms with van der Waals surface area (Å²) in [6, 6.07) is 0. The lowest BCUT2D eigenvalue weighted by Crippen LogP contribution is -2.11. The number of aliphatic hydroxyl groups is 3. The van der Waals surface area contributed by atoms with Crippen LogP contribution in [0.2, 0.25) is 0 Å². The van der Waals surface area contributed by atoms with E-state index in [-0.39, 0.29) is 25.7 Å². The maximum Gasteiger partial charge on any atom is 0.0639 e. The van der Waals surface area contributed by atoms with Gasteiger partial charge in [0.05, 0.1) is 6.61 Å². The average molecular weight is 160 g/mol. The summed E-state index contributed by atoms with van der Waals surface area (Å²) < 4.78 is 0. The van der Waals surface area contributed by atoms with Gasteiger partial charge >= 0.3 is 0 Å². The highest BCUT2D eigenvalue weighted by molar-refractivity contribution is 4.93. The fraction of sp³-hybridized carbons (Fsp3) is 0.750. The Morgan fingerprint density at radius 3 is 2.09 bits per heavy atom. The van der Waals surface area contributed by atoms with Gasteiger partial charge in [0.25, 0.3) is 0 Å². The molecule has 0 aliphatic heterocycles. The Morgan fingerprint density at radius 1 is 1.18 bits per heavy atom. The Bertz CT molecular complexity index is 108. The Labute approximate surface area is 67.0 Å². The van der Waals surface area contributed by atoms with Crippen molar-refractivity contribution in [2.24, 2.45) is 5.92 Å². The third-order valence-electron chi connectivity index (χ3n) is 1.65.